The minimum Gasteiger partial charge on any atom is -0.481 e. The normalized spacial score (nSPS) is 17.9. The average Bonchev–Trinajstić information content (AvgIpc) is 3.24. The van der Waals surface area contributed by atoms with Gasteiger partial charge in [0.25, 0.3) is 0 Å². The lowest BCUT2D eigenvalue weighted by Gasteiger charge is -2.38. The van der Waals surface area contributed by atoms with Crippen LogP contribution >= 0.6 is 0 Å². The summed E-state index contributed by atoms with van der Waals surface area (Å²) in [5.41, 5.74) is 4.59. The molecule has 0 aromatic heterocycles. The van der Waals surface area contributed by atoms with E-state index < -0.39 is 36.1 Å². The molecule has 0 unspecified atom stereocenters. The molecule has 0 spiro atoms. The maximum atomic E-state index is 12.7. The quantitative estimate of drug-likeness (QED) is 0.295. The number of alkyl carbamates (subject to hydrolysis) is 1. The third kappa shape index (κ3) is 6.76. The zero-order valence-electron chi connectivity index (χ0n) is 21.6. The third-order valence-electron chi connectivity index (χ3n) is 6.94. The van der Waals surface area contributed by atoms with Crippen LogP contribution in [-0.2, 0) is 19.1 Å². The van der Waals surface area contributed by atoms with Crippen molar-refractivity contribution < 1.29 is 33.8 Å². The highest BCUT2D eigenvalue weighted by Gasteiger charge is 2.38. The Morgan fingerprint density at radius 3 is 2.36 bits per heavy atom. The minimum atomic E-state index is -1.07. The van der Waals surface area contributed by atoms with E-state index in [4.69, 9.17) is 14.6 Å². The predicted octanol–water partition coefficient (Wildman–Crippen LogP) is 3.66. The van der Waals surface area contributed by atoms with E-state index in [2.05, 4.69) is 41.5 Å². The molecule has 3 N–H and O–H groups in total. The first-order valence-electron chi connectivity index (χ1n) is 13.0. The van der Waals surface area contributed by atoms with E-state index in [1.807, 2.05) is 24.3 Å². The molecule has 0 radical (unpaired) electrons. The van der Waals surface area contributed by atoms with E-state index in [0.717, 1.165) is 22.3 Å². The number of carboxylic acid groups (broad SMARTS) is 1. The van der Waals surface area contributed by atoms with Gasteiger partial charge >= 0.3 is 18.2 Å². The lowest BCUT2D eigenvalue weighted by Crippen LogP contribution is -2.62. The molecule has 3 amide bonds. The van der Waals surface area contributed by atoms with Crippen LogP contribution in [0.15, 0.2) is 61.2 Å². The van der Waals surface area contributed by atoms with E-state index in [9.17, 15) is 19.2 Å². The summed E-state index contributed by atoms with van der Waals surface area (Å²) in [7, 11) is 0. The largest absolute Gasteiger partial charge is 0.481 e. The molecule has 1 aliphatic carbocycles. The highest BCUT2D eigenvalue weighted by molar-refractivity contribution is 5.87. The SMILES string of the molecule is C=CCOC(=O)N1C[C@@H](CC(=O)O)NC(=O)[C@@H]1CCCCNC(=O)OCC1c2ccccc2-c2ccccc21. The summed E-state index contributed by atoms with van der Waals surface area (Å²) in [6.07, 6.45) is 1.34. The number of aliphatic carboxylic acids is 1. The molecule has 10 heteroatoms. The molecule has 1 saturated heterocycles. The predicted molar refractivity (Wildman–Crippen MR) is 143 cm³/mol. The summed E-state index contributed by atoms with van der Waals surface area (Å²) in [6.45, 7) is 4.09. The van der Waals surface area contributed by atoms with Crippen molar-refractivity contribution in [3.05, 3.63) is 72.3 Å². The summed E-state index contributed by atoms with van der Waals surface area (Å²) in [4.78, 5) is 49.9. The number of piperazine rings is 1. The Balaban J connectivity index is 1.23. The van der Waals surface area contributed by atoms with Crippen molar-refractivity contribution in [1.29, 1.82) is 0 Å². The fourth-order valence-corrected chi connectivity index (χ4v) is 5.18. The molecule has 206 valence electrons. The highest BCUT2D eigenvalue weighted by Crippen LogP contribution is 2.44. The van der Waals surface area contributed by atoms with E-state index in [0.29, 0.717) is 25.8 Å². The second-order valence-electron chi connectivity index (χ2n) is 9.59. The van der Waals surface area contributed by atoms with Gasteiger partial charge in [0.1, 0.15) is 19.3 Å². The van der Waals surface area contributed by atoms with Crippen molar-refractivity contribution in [1.82, 2.24) is 15.5 Å². The van der Waals surface area contributed by atoms with Crippen LogP contribution in [0, 0.1) is 0 Å². The van der Waals surface area contributed by atoms with Gasteiger partial charge in [0, 0.05) is 19.0 Å². The summed E-state index contributed by atoms with van der Waals surface area (Å²) < 4.78 is 10.6. The van der Waals surface area contributed by atoms with Crippen LogP contribution in [0.3, 0.4) is 0 Å². The van der Waals surface area contributed by atoms with Crippen molar-refractivity contribution in [2.75, 3.05) is 26.3 Å². The Bertz CT molecular complexity index is 1190. The number of rotatable bonds is 11. The number of carboxylic acids is 1. The molecule has 1 fully saturated rings. The van der Waals surface area contributed by atoms with Gasteiger partial charge in [-0.15, -0.1) is 0 Å². The van der Waals surface area contributed by atoms with Gasteiger partial charge in [-0.25, -0.2) is 9.59 Å². The second-order valence-corrected chi connectivity index (χ2v) is 9.59. The highest BCUT2D eigenvalue weighted by atomic mass is 16.6. The first kappa shape index (κ1) is 27.7. The summed E-state index contributed by atoms with van der Waals surface area (Å²) >= 11 is 0. The van der Waals surface area contributed by atoms with Gasteiger partial charge in [-0.3, -0.25) is 14.5 Å². The number of hydrogen-bond donors (Lipinski definition) is 3. The lowest BCUT2D eigenvalue weighted by molar-refractivity contribution is -0.139. The number of fused-ring (bicyclic) bond motifs is 3. The van der Waals surface area contributed by atoms with Crippen molar-refractivity contribution in [2.45, 2.75) is 43.7 Å². The van der Waals surface area contributed by atoms with Gasteiger partial charge in [0.2, 0.25) is 5.91 Å². The Morgan fingerprint density at radius 1 is 1.05 bits per heavy atom. The molecular weight excluding hydrogens is 502 g/mol. The Kier molecular flexibility index (Phi) is 9.19. The number of carbonyl (C=O) groups is 4. The zero-order chi connectivity index (χ0) is 27.8. The molecule has 2 aromatic carbocycles. The minimum absolute atomic E-state index is 0.0165. The maximum Gasteiger partial charge on any atom is 0.410 e. The van der Waals surface area contributed by atoms with Crippen LogP contribution in [0.1, 0.15) is 42.7 Å². The van der Waals surface area contributed by atoms with Gasteiger partial charge in [0.05, 0.1) is 12.5 Å². The van der Waals surface area contributed by atoms with Crippen molar-refractivity contribution >= 4 is 24.1 Å². The fraction of sp³-hybridized carbons (Fsp3) is 0.379. The first-order valence-corrected chi connectivity index (χ1v) is 13.0. The number of nitrogens with one attached hydrogen (secondary N) is 2. The molecule has 2 aliphatic rings. The van der Waals surface area contributed by atoms with Gasteiger partial charge in [-0.05, 0) is 41.5 Å². The molecule has 2 aromatic rings. The fourth-order valence-electron chi connectivity index (χ4n) is 5.18. The summed E-state index contributed by atoms with van der Waals surface area (Å²) in [5.74, 6) is -1.52. The van der Waals surface area contributed by atoms with Gasteiger partial charge in [-0.1, -0.05) is 61.2 Å². The number of carbonyl (C=O) groups excluding carboxylic acids is 3. The Labute approximate surface area is 227 Å². The molecule has 4 rings (SSSR count). The van der Waals surface area contributed by atoms with Gasteiger partial charge < -0.3 is 25.2 Å². The van der Waals surface area contributed by atoms with Gasteiger partial charge in [-0.2, -0.15) is 0 Å². The van der Waals surface area contributed by atoms with Gasteiger partial charge in [0.15, 0.2) is 0 Å². The first-order chi connectivity index (χ1) is 18.9. The number of unbranched alkanes of at least 4 members (excludes halogenated alkanes) is 1. The van der Waals surface area contributed by atoms with E-state index >= 15 is 0 Å². The van der Waals surface area contributed by atoms with Crippen LogP contribution in [0.4, 0.5) is 9.59 Å². The third-order valence-corrected chi connectivity index (χ3v) is 6.94. The van der Waals surface area contributed by atoms with Crippen LogP contribution in [0.5, 0.6) is 0 Å². The van der Waals surface area contributed by atoms with Crippen LogP contribution in [0.2, 0.25) is 0 Å². The van der Waals surface area contributed by atoms with Crippen molar-refractivity contribution in [3.63, 3.8) is 0 Å². The van der Waals surface area contributed by atoms with E-state index in [-0.39, 0.29) is 32.1 Å². The molecule has 1 heterocycles. The lowest BCUT2D eigenvalue weighted by atomic mass is 9.98. The zero-order valence-corrected chi connectivity index (χ0v) is 21.6. The summed E-state index contributed by atoms with van der Waals surface area (Å²) in [5, 5.41) is 14.5. The molecule has 0 bridgehead atoms. The van der Waals surface area contributed by atoms with Crippen molar-refractivity contribution in [2.24, 2.45) is 0 Å². The second kappa shape index (κ2) is 12.9. The number of benzene rings is 2. The number of amides is 3. The van der Waals surface area contributed by atoms with E-state index in [1.165, 1.54) is 11.0 Å². The monoisotopic (exact) mass is 535 g/mol. The standard InChI is InChI=1S/C29H33N3O7/c1-2-15-38-29(37)32-17-19(16-26(33)34)31-27(35)25(32)13-7-8-14-30-28(36)39-18-24-22-11-5-3-9-20(22)21-10-4-6-12-23(21)24/h2-6,9-12,19,24-25H,1,7-8,13-18H2,(H,30,36)(H,31,35)(H,33,34)/t19-,25+/m1/s1. The number of hydrogen-bond acceptors (Lipinski definition) is 6. The maximum absolute atomic E-state index is 12.7. The molecule has 2 atom stereocenters. The number of nitrogens with zero attached hydrogens (tertiary/aromatic N) is 1. The molecule has 39 heavy (non-hydrogen) atoms. The van der Waals surface area contributed by atoms with Crippen molar-refractivity contribution in [3.8, 4) is 11.1 Å². The Morgan fingerprint density at radius 2 is 1.72 bits per heavy atom. The summed E-state index contributed by atoms with van der Waals surface area (Å²) in [6, 6.07) is 14.8. The molecule has 0 saturated carbocycles. The topological polar surface area (TPSA) is 134 Å². The Hall–Kier alpha value is -4.34. The smallest absolute Gasteiger partial charge is 0.410 e. The molecule has 1 aliphatic heterocycles. The van der Waals surface area contributed by atoms with Crippen LogP contribution in [0.25, 0.3) is 11.1 Å². The average molecular weight is 536 g/mol. The molecular formula is C29H33N3O7. The number of ether oxygens (including phenoxy) is 2. The van der Waals surface area contributed by atoms with Crippen LogP contribution < -0.4 is 10.6 Å². The van der Waals surface area contributed by atoms with E-state index in [1.54, 1.807) is 0 Å². The van der Waals surface area contributed by atoms with Crippen LogP contribution in [-0.4, -0.2) is 72.5 Å². The molecule has 10 nitrogen and oxygen atoms in total.